The Bertz CT molecular complexity index is 876. The number of hydrazone groups is 1. The number of thiophene rings is 1. The highest BCUT2D eigenvalue weighted by Crippen LogP contribution is 2.16. The Labute approximate surface area is 147 Å². The van der Waals surface area contributed by atoms with E-state index in [1.807, 2.05) is 5.38 Å². The zero-order valence-corrected chi connectivity index (χ0v) is 13.8. The summed E-state index contributed by atoms with van der Waals surface area (Å²) >= 11 is 1.33. The molecule has 2 aromatic heterocycles. The molecule has 1 amide bonds. The first kappa shape index (κ1) is 16.5. The normalized spacial score (nSPS) is 10.6. The van der Waals surface area contributed by atoms with Crippen LogP contribution in [0.1, 0.15) is 25.6 Å². The van der Waals surface area contributed by atoms with Crippen LogP contribution in [-0.4, -0.2) is 23.1 Å². The average molecular weight is 351 g/mol. The second-order valence-corrected chi connectivity index (χ2v) is 5.82. The molecule has 0 spiro atoms. The van der Waals surface area contributed by atoms with E-state index in [0.717, 1.165) is 5.56 Å². The number of carbonyl (C=O) groups is 2. The van der Waals surface area contributed by atoms with Gasteiger partial charge in [0.25, 0.3) is 5.91 Å². The van der Waals surface area contributed by atoms with E-state index < -0.39 is 0 Å². The lowest BCUT2D eigenvalue weighted by molar-refractivity contribution is 0.0739. The van der Waals surface area contributed by atoms with Crippen LogP contribution < -0.4 is 10.2 Å². The van der Waals surface area contributed by atoms with Gasteiger partial charge in [0.2, 0.25) is 0 Å². The van der Waals surface area contributed by atoms with Gasteiger partial charge in [0, 0.05) is 12.4 Å². The predicted molar refractivity (Wildman–Crippen MR) is 95.0 cm³/mol. The fourth-order valence-electron chi connectivity index (χ4n) is 1.90. The molecule has 0 fully saturated rings. The maximum absolute atomic E-state index is 11.9. The van der Waals surface area contributed by atoms with E-state index in [1.54, 1.807) is 54.7 Å². The summed E-state index contributed by atoms with van der Waals surface area (Å²) in [6.45, 7) is 0. The highest BCUT2D eigenvalue weighted by atomic mass is 32.1. The van der Waals surface area contributed by atoms with E-state index in [9.17, 15) is 9.59 Å². The number of pyridine rings is 1. The Morgan fingerprint density at radius 1 is 1.12 bits per heavy atom. The standard InChI is InChI=1S/C18H13N3O3S/c22-17(14-3-1-9-19-12-14)21-20-11-13-5-7-15(8-6-13)24-18(23)16-4-2-10-25-16/h1-12H,(H,21,22)/b20-11-. The van der Waals surface area contributed by atoms with Gasteiger partial charge in [0.1, 0.15) is 10.6 Å². The van der Waals surface area contributed by atoms with Crippen LogP contribution in [0.25, 0.3) is 0 Å². The Hall–Kier alpha value is -3.32. The zero-order valence-electron chi connectivity index (χ0n) is 13.0. The number of nitrogens with one attached hydrogen (secondary N) is 1. The Morgan fingerprint density at radius 2 is 1.96 bits per heavy atom. The minimum absolute atomic E-state index is 0.342. The first-order valence-corrected chi connectivity index (χ1v) is 8.19. The Balaban J connectivity index is 1.55. The van der Waals surface area contributed by atoms with Crippen molar-refractivity contribution in [3.8, 4) is 5.75 Å². The molecule has 0 saturated heterocycles. The lowest BCUT2D eigenvalue weighted by Crippen LogP contribution is -2.17. The molecule has 0 radical (unpaired) electrons. The number of carbonyl (C=O) groups excluding carboxylic acids is 2. The summed E-state index contributed by atoms with van der Waals surface area (Å²) in [5.74, 6) is -0.291. The van der Waals surface area contributed by atoms with Gasteiger partial charge in [-0.05, 0) is 53.4 Å². The fraction of sp³-hybridized carbons (Fsp3) is 0. The number of rotatable bonds is 5. The fourth-order valence-corrected chi connectivity index (χ4v) is 2.50. The van der Waals surface area contributed by atoms with Gasteiger partial charge in [-0.2, -0.15) is 5.10 Å². The highest BCUT2D eigenvalue weighted by molar-refractivity contribution is 7.12. The smallest absolute Gasteiger partial charge is 0.353 e. The van der Waals surface area contributed by atoms with Crippen molar-refractivity contribution in [2.24, 2.45) is 5.10 Å². The van der Waals surface area contributed by atoms with Crippen LogP contribution >= 0.6 is 11.3 Å². The SMILES string of the molecule is O=C(N/N=C\c1ccc(OC(=O)c2cccs2)cc1)c1cccnc1. The van der Waals surface area contributed by atoms with Crippen molar-refractivity contribution in [3.63, 3.8) is 0 Å². The molecular weight excluding hydrogens is 338 g/mol. The number of benzene rings is 1. The molecule has 1 aromatic carbocycles. The number of hydrogen-bond donors (Lipinski definition) is 1. The lowest BCUT2D eigenvalue weighted by Gasteiger charge is -2.03. The van der Waals surface area contributed by atoms with Crippen molar-refractivity contribution >= 4 is 29.4 Å². The molecule has 124 valence electrons. The van der Waals surface area contributed by atoms with Crippen molar-refractivity contribution in [2.45, 2.75) is 0 Å². The van der Waals surface area contributed by atoms with Crippen LogP contribution in [0.4, 0.5) is 0 Å². The van der Waals surface area contributed by atoms with Crippen LogP contribution in [0, 0.1) is 0 Å². The van der Waals surface area contributed by atoms with Gasteiger partial charge in [-0.25, -0.2) is 10.2 Å². The van der Waals surface area contributed by atoms with E-state index in [4.69, 9.17) is 4.74 Å². The van der Waals surface area contributed by atoms with Gasteiger partial charge in [0.05, 0.1) is 11.8 Å². The van der Waals surface area contributed by atoms with Crippen LogP contribution in [0.15, 0.2) is 71.4 Å². The molecular formula is C18H13N3O3S. The maximum atomic E-state index is 11.9. The lowest BCUT2D eigenvalue weighted by atomic mass is 10.2. The Kier molecular flexibility index (Phi) is 5.28. The molecule has 6 nitrogen and oxygen atoms in total. The highest BCUT2D eigenvalue weighted by Gasteiger charge is 2.09. The summed E-state index contributed by atoms with van der Waals surface area (Å²) in [7, 11) is 0. The molecule has 0 atom stereocenters. The largest absolute Gasteiger partial charge is 0.422 e. The summed E-state index contributed by atoms with van der Waals surface area (Å²) < 4.78 is 5.26. The molecule has 2 heterocycles. The monoisotopic (exact) mass is 351 g/mol. The first-order valence-electron chi connectivity index (χ1n) is 7.31. The molecule has 7 heteroatoms. The topological polar surface area (TPSA) is 80.6 Å². The summed E-state index contributed by atoms with van der Waals surface area (Å²) in [4.78, 5) is 28.1. The van der Waals surface area contributed by atoms with Crippen LogP contribution in [0.3, 0.4) is 0 Å². The molecule has 3 aromatic rings. The zero-order chi connectivity index (χ0) is 17.5. The van der Waals surface area contributed by atoms with Crippen LogP contribution in [0.5, 0.6) is 5.75 Å². The van der Waals surface area contributed by atoms with Gasteiger partial charge in [-0.3, -0.25) is 9.78 Å². The molecule has 0 unspecified atom stereocenters. The number of esters is 1. The van der Waals surface area contributed by atoms with E-state index in [0.29, 0.717) is 16.2 Å². The van der Waals surface area contributed by atoms with Crippen molar-refractivity contribution < 1.29 is 14.3 Å². The summed E-state index contributed by atoms with van der Waals surface area (Å²) in [6, 6.07) is 13.6. The predicted octanol–water partition coefficient (Wildman–Crippen LogP) is 3.13. The molecule has 0 bridgehead atoms. The third-order valence-electron chi connectivity index (χ3n) is 3.12. The van der Waals surface area contributed by atoms with Gasteiger partial charge in [-0.1, -0.05) is 6.07 Å². The van der Waals surface area contributed by atoms with Crippen molar-refractivity contribution in [3.05, 3.63) is 82.3 Å². The van der Waals surface area contributed by atoms with Crippen LogP contribution in [0.2, 0.25) is 0 Å². The summed E-state index contributed by atoms with van der Waals surface area (Å²) in [5, 5.41) is 5.71. The summed E-state index contributed by atoms with van der Waals surface area (Å²) in [6.07, 6.45) is 4.55. The third-order valence-corrected chi connectivity index (χ3v) is 3.97. The number of amides is 1. The third kappa shape index (κ3) is 4.58. The van der Waals surface area contributed by atoms with Gasteiger partial charge in [-0.15, -0.1) is 11.3 Å². The van der Waals surface area contributed by atoms with Crippen LogP contribution in [-0.2, 0) is 0 Å². The number of aromatic nitrogens is 1. The molecule has 25 heavy (non-hydrogen) atoms. The van der Waals surface area contributed by atoms with Gasteiger partial charge >= 0.3 is 5.97 Å². The number of nitrogens with zero attached hydrogens (tertiary/aromatic N) is 2. The second-order valence-electron chi connectivity index (χ2n) is 4.88. The van der Waals surface area contributed by atoms with Crippen molar-refractivity contribution in [1.82, 2.24) is 10.4 Å². The minimum atomic E-state index is -0.389. The van der Waals surface area contributed by atoms with Crippen molar-refractivity contribution in [2.75, 3.05) is 0 Å². The van der Waals surface area contributed by atoms with Gasteiger partial charge < -0.3 is 4.74 Å². The van der Waals surface area contributed by atoms with Gasteiger partial charge in [0.15, 0.2) is 0 Å². The molecule has 0 aliphatic heterocycles. The Morgan fingerprint density at radius 3 is 2.64 bits per heavy atom. The van der Waals surface area contributed by atoms with E-state index >= 15 is 0 Å². The molecule has 0 saturated carbocycles. The molecule has 0 aliphatic rings. The number of hydrogen-bond acceptors (Lipinski definition) is 6. The minimum Gasteiger partial charge on any atom is -0.422 e. The van der Waals surface area contributed by atoms with E-state index in [-0.39, 0.29) is 11.9 Å². The van der Waals surface area contributed by atoms with E-state index in [1.165, 1.54) is 23.7 Å². The molecule has 1 N–H and O–H groups in total. The summed E-state index contributed by atoms with van der Waals surface area (Å²) in [5.41, 5.74) is 3.60. The first-order chi connectivity index (χ1) is 12.2. The second kappa shape index (κ2) is 7.98. The molecule has 0 aliphatic carbocycles. The quantitative estimate of drug-likeness (QED) is 0.331. The van der Waals surface area contributed by atoms with Crippen molar-refractivity contribution in [1.29, 1.82) is 0 Å². The van der Waals surface area contributed by atoms with E-state index in [2.05, 4.69) is 15.5 Å². The molecule has 3 rings (SSSR count). The average Bonchev–Trinajstić information content (AvgIpc) is 3.19. The maximum Gasteiger partial charge on any atom is 0.353 e. The number of ether oxygens (including phenoxy) is 1.